The minimum atomic E-state index is -3.08. The van der Waals surface area contributed by atoms with Crippen LogP contribution in [0.3, 0.4) is 0 Å². The average molecular weight is 279 g/mol. The van der Waals surface area contributed by atoms with Crippen molar-refractivity contribution in [2.75, 3.05) is 13.3 Å². The van der Waals surface area contributed by atoms with E-state index < -0.39 is 9.84 Å². The molecule has 2 fully saturated rings. The maximum absolute atomic E-state index is 11.5. The van der Waals surface area contributed by atoms with Crippen molar-refractivity contribution < 1.29 is 8.42 Å². The molecule has 2 heterocycles. The van der Waals surface area contributed by atoms with E-state index in [4.69, 9.17) is 0 Å². The summed E-state index contributed by atoms with van der Waals surface area (Å²) >= 11 is 0. The second-order valence-electron chi connectivity index (χ2n) is 6.06. The van der Waals surface area contributed by atoms with Crippen LogP contribution < -0.4 is 0 Å². The third kappa shape index (κ3) is 2.43. The van der Waals surface area contributed by atoms with E-state index in [0.717, 1.165) is 12.1 Å². The van der Waals surface area contributed by atoms with Crippen LogP contribution in [-0.2, 0) is 9.84 Å². The van der Waals surface area contributed by atoms with Gasteiger partial charge in [0.05, 0.1) is 4.90 Å². The third-order valence-electron chi connectivity index (χ3n) is 4.88. The lowest BCUT2D eigenvalue weighted by atomic mass is 9.85. The Morgan fingerprint density at radius 3 is 2.05 bits per heavy atom. The molecule has 3 nitrogen and oxygen atoms in total. The zero-order valence-electron chi connectivity index (χ0n) is 11.5. The molecule has 0 spiro atoms. The van der Waals surface area contributed by atoms with Crippen molar-refractivity contribution in [3.63, 3.8) is 0 Å². The Morgan fingerprint density at radius 1 is 1.05 bits per heavy atom. The van der Waals surface area contributed by atoms with Gasteiger partial charge in [-0.05, 0) is 56.3 Å². The van der Waals surface area contributed by atoms with E-state index in [1.54, 1.807) is 12.1 Å². The normalized spacial score (nSPS) is 31.6. The molecule has 1 aromatic rings. The lowest BCUT2D eigenvalue weighted by molar-refractivity contribution is 0.161. The molecule has 0 radical (unpaired) electrons. The first kappa shape index (κ1) is 13.1. The molecule has 0 saturated carbocycles. The smallest absolute Gasteiger partial charge is 0.175 e. The molecule has 2 saturated heterocycles. The molecule has 0 aliphatic carbocycles. The highest BCUT2D eigenvalue weighted by Crippen LogP contribution is 2.42. The molecule has 2 unspecified atom stereocenters. The monoisotopic (exact) mass is 279 g/mol. The molecule has 4 heteroatoms. The maximum atomic E-state index is 11.5. The van der Waals surface area contributed by atoms with E-state index in [9.17, 15) is 8.42 Å². The molecule has 0 amide bonds. The fourth-order valence-corrected chi connectivity index (χ4v) is 4.30. The number of fused-ring (bicyclic) bond motifs is 2. The van der Waals surface area contributed by atoms with Crippen molar-refractivity contribution in [3.8, 4) is 0 Å². The predicted molar refractivity (Wildman–Crippen MR) is 76.1 cm³/mol. The lowest BCUT2D eigenvalue weighted by Gasteiger charge is -2.36. The summed E-state index contributed by atoms with van der Waals surface area (Å²) in [6.07, 6.45) is 6.33. The highest BCUT2D eigenvalue weighted by molar-refractivity contribution is 7.90. The quantitative estimate of drug-likeness (QED) is 0.834. The molecule has 2 aliphatic rings. The van der Waals surface area contributed by atoms with Gasteiger partial charge >= 0.3 is 0 Å². The summed E-state index contributed by atoms with van der Waals surface area (Å²) in [7, 11) is -0.835. The van der Waals surface area contributed by atoms with E-state index >= 15 is 0 Å². The number of piperidine rings is 1. The number of nitrogens with zero attached hydrogens (tertiary/aromatic N) is 1. The molecule has 1 aromatic carbocycles. The Morgan fingerprint density at radius 2 is 1.58 bits per heavy atom. The molecule has 0 aromatic heterocycles. The van der Waals surface area contributed by atoms with Gasteiger partial charge in [-0.1, -0.05) is 12.1 Å². The van der Waals surface area contributed by atoms with Crippen molar-refractivity contribution >= 4 is 9.84 Å². The van der Waals surface area contributed by atoms with Crippen molar-refractivity contribution in [1.29, 1.82) is 0 Å². The zero-order chi connectivity index (χ0) is 13.6. The second-order valence-corrected chi connectivity index (χ2v) is 8.08. The summed E-state index contributed by atoms with van der Waals surface area (Å²) in [6.45, 7) is 0. The highest BCUT2D eigenvalue weighted by atomic mass is 32.2. The number of sulfone groups is 1. The molecular weight excluding hydrogens is 258 g/mol. The standard InChI is InChI=1S/C15H21NO2S/c1-16-13-5-6-14(16)10-12(9-13)11-3-7-15(8-4-11)19(2,17)18/h3-4,7-8,12-14H,5-6,9-10H2,1-2H3. The van der Waals surface area contributed by atoms with Gasteiger partial charge in [0.2, 0.25) is 0 Å². The second kappa shape index (κ2) is 4.60. The fourth-order valence-electron chi connectivity index (χ4n) is 3.67. The summed E-state index contributed by atoms with van der Waals surface area (Å²) < 4.78 is 22.9. The maximum Gasteiger partial charge on any atom is 0.175 e. The number of hydrogen-bond donors (Lipinski definition) is 0. The van der Waals surface area contributed by atoms with Crippen LogP contribution in [0, 0.1) is 0 Å². The molecule has 3 rings (SSSR count). The highest BCUT2D eigenvalue weighted by Gasteiger charge is 2.38. The molecule has 19 heavy (non-hydrogen) atoms. The Hall–Kier alpha value is -0.870. The van der Waals surface area contributed by atoms with Crippen LogP contribution >= 0.6 is 0 Å². The van der Waals surface area contributed by atoms with Crippen molar-refractivity contribution in [2.45, 2.75) is 48.6 Å². The Kier molecular flexibility index (Phi) is 3.18. The SMILES string of the molecule is CN1C2CCC1CC(c1ccc(S(C)(=O)=O)cc1)C2. The van der Waals surface area contributed by atoms with Crippen LogP contribution in [0.1, 0.15) is 37.2 Å². The molecular formula is C15H21NO2S. The Balaban J connectivity index is 1.81. The average Bonchev–Trinajstić information content (AvgIpc) is 2.61. The van der Waals surface area contributed by atoms with Crippen LogP contribution in [0.5, 0.6) is 0 Å². The third-order valence-corrected chi connectivity index (χ3v) is 6.01. The van der Waals surface area contributed by atoms with Crippen molar-refractivity contribution in [3.05, 3.63) is 29.8 Å². The Labute approximate surface area is 115 Å². The van der Waals surface area contributed by atoms with E-state index in [1.807, 2.05) is 12.1 Å². The summed E-state index contributed by atoms with van der Waals surface area (Å²) in [6, 6.07) is 8.96. The van der Waals surface area contributed by atoms with Gasteiger partial charge in [-0.3, -0.25) is 0 Å². The van der Waals surface area contributed by atoms with Gasteiger partial charge in [0.1, 0.15) is 0 Å². The van der Waals surface area contributed by atoms with Crippen LogP contribution in [0.4, 0.5) is 0 Å². The van der Waals surface area contributed by atoms with Gasteiger partial charge in [0.25, 0.3) is 0 Å². The van der Waals surface area contributed by atoms with Crippen LogP contribution in [-0.4, -0.2) is 38.7 Å². The molecule has 104 valence electrons. The lowest BCUT2D eigenvalue weighted by Crippen LogP contribution is -2.39. The summed E-state index contributed by atoms with van der Waals surface area (Å²) in [5.41, 5.74) is 1.30. The van der Waals surface area contributed by atoms with Crippen LogP contribution in [0.2, 0.25) is 0 Å². The van der Waals surface area contributed by atoms with Gasteiger partial charge in [-0.25, -0.2) is 8.42 Å². The van der Waals surface area contributed by atoms with Gasteiger partial charge < -0.3 is 4.90 Å². The van der Waals surface area contributed by atoms with E-state index in [0.29, 0.717) is 10.8 Å². The van der Waals surface area contributed by atoms with Crippen molar-refractivity contribution in [2.24, 2.45) is 0 Å². The Bertz CT molecular complexity index is 550. The number of hydrogen-bond acceptors (Lipinski definition) is 3. The van der Waals surface area contributed by atoms with Crippen LogP contribution in [0.25, 0.3) is 0 Å². The summed E-state index contributed by atoms with van der Waals surface area (Å²) in [4.78, 5) is 2.95. The molecule has 2 atom stereocenters. The van der Waals surface area contributed by atoms with E-state index in [-0.39, 0.29) is 0 Å². The van der Waals surface area contributed by atoms with Crippen molar-refractivity contribution in [1.82, 2.24) is 4.90 Å². The molecule has 2 bridgehead atoms. The summed E-state index contributed by atoms with van der Waals surface area (Å²) in [5, 5.41) is 0. The topological polar surface area (TPSA) is 37.4 Å². The minimum Gasteiger partial charge on any atom is -0.300 e. The van der Waals surface area contributed by atoms with E-state index in [1.165, 1.54) is 37.5 Å². The zero-order valence-corrected chi connectivity index (χ0v) is 12.4. The first-order valence-electron chi connectivity index (χ1n) is 6.97. The minimum absolute atomic E-state index is 0.423. The number of rotatable bonds is 2. The number of benzene rings is 1. The first-order valence-corrected chi connectivity index (χ1v) is 8.86. The van der Waals surface area contributed by atoms with Gasteiger partial charge in [0, 0.05) is 18.3 Å². The van der Waals surface area contributed by atoms with Gasteiger partial charge in [-0.2, -0.15) is 0 Å². The molecule has 0 N–H and O–H groups in total. The molecule has 2 aliphatic heterocycles. The van der Waals surface area contributed by atoms with E-state index in [2.05, 4.69) is 11.9 Å². The first-order chi connectivity index (χ1) is 8.95. The largest absolute Gasteiger partial charge is 0.300 e. The summed E-state index contributed by atoms with van der Waals surface area (Å²) in [5.74, 6) is 0.599. The van der Waals surface area contributed by atoms with Gasteiger partial charge in [-0.15, -0.1) is 0 Å². The predicted octanol–water partition coefficient (Wildman–Crippen LogP) is 2.43. The van der Waals surface area contributed by atoms with Crippen LogP contribution in [0.15, 0.2) is 29.2 Å². The fraction of sp³-hybridized carbons (Fsp3) is 0.600. The van der Waals surface area contributed by atoms with Gasteiger partial charge in [0.15, 0.2) is 9.84 Å².